The van der Waals surface area contributed by atoms with E-state index in [4.69, 9.17) is 11.6 Å². The maximum Gasteiger partial charge on any atom is 0.253 e. The van der Waals surface area contributed by atoms with E-state index in [1.807, 2.05) is 7.05 Å². The number of nitrogens with one attached hydrogen (secondary N) is 2. The van der Waals surface area contributed by atoms with Gasteiger partial charge < -0.3 is 15.2 Å². The molecule has 1 saturated carbocycles. The van der Waals surface area contributed by atoms with Crippen molar-refractivity contribution in [3.05, 3.63) is 29.0 Å². The van der Waals surface area contributed by atoms with Crippen molar-refractivity contribution in [3.8, 4) is 0 Å². The number of halogens is 1. The van der Waals surface area contributed by atoms with Gasteiger partial charge in [-0.05, 0) is 25.3 Å². The van der Waals surface area contributed by atoms with Crippen LogP contribution in [-0.2, 0) is 4.79 Å². The van der Waals surface area contributed by atoms with Gasteiger partial charge in [-0.1, -0.05) is 18.0 Å². The Morgan fingerprint density at radius 1 is 1.46 bits per heavy atom. The second-order valence-corrected chi connectivity index (χ2v) is 6.62. The molecule has 0 radical (unpaired) electrons. The number of carbonyl (C=O) groups excluding carboxylic acids is 2. The van der Waals surface area contributed by atoms with Gasteiger partial charge in [0.25, 0.3) is 5.91 Å². The van der Waals surface area contributed by atoms with Gasteiger partial charge in [-0.3, -0.25) is 9.59 Å². The Kier molecular flexibility index (Phi) is 5.04. The molecule has 0 spiro atoms. The van der Waals surface area contributed by atoms with Gasteiger partial charge in [0.2, 0.25) is 5.91 Å². The zero-order valence-electron chi connectivity index (χ0n) is 13.6. The van der Waals surface area contributed by atoms with Gasteiger partial charge in [-0.2, -0.15) is 0 Å². The predicted molar refractivity (Wildman–Crippen MR) is 93.0 cm³/mol. The van der Waals surface area contributed by atoms with E-state index in [-0.39, 0.29) is 17.7 Å². The molecule has 2 N–H and O–H groups in total. The molecule has 1 fully saturated rings. The number of amides is 2. The lowest BCUT2D eigenvalue weighted by Crippen LogP contribution is -2.37. The molecule has 2 amide bonds. The van der Waals surface area contributed by atoms with E-state index in [0.29, 0.717) is 34.7 Å². The van der Waals surface area contributed by atoms with E-state index in [1.54, 1.807) is 23.4 Å². The van der Waals surface area contributed by atoms with Crippen molar-refractivity contribution in [3.63, 3.8) is 0 Å². The zero-order chi connectivity index (χ0) is 17.1. The summed E-state index contributed by atoms with van der Waals surface area (Å²) in [5.41, 5.74) is 1.08. The first-order valence-electron chi connectivity index (χ1n) is 8.22. The highest BCUT2D eigenvalue weighted by atomic mass is 35.5. The topological polar surface area (TPSA) is 78.1 Å². The lowest BCUT2D eigenvalue weighted by atomic mass is 9.84. The van der Waals surface area contributed by atoms with Crippen molar-refractivity contribution in [2.75, 3.05) is 20.1 Å². The fourth-order valence-electron chi connectivity index (χ4n) is 2.89. The number of rotatable bonds is 6. The summed E-state index contributed by atoms with van der Waals surface area (Å²) in [7, 11) is 1.83. The molecular formula is C17H21ClN4O2. The van der Waals surface area contributed by atoms with Crippen LogP contribution in [0.15, 0.2) is 18.5 Å². The van der Waals surface area contributed by atoms with Crippen LogP contribution in [-0.4, -0.2) is 46.8 Å². The van der Waals surface area contributed by atoms with Gasteiger partial charge in [-0.25, -0.2) is 4.98 Å². The van der Waals surface area contributed by atoms with Crippen LogP contribution in [0.3, 0.4) is 0 Å². The van der Waals surface area contributed by atoms with Crippen LogP contribution in [0.5, 0.6) is 0 Å². The molecule has 6 nitrogen and oxygen atoms in total. The van der Waals surface area contributed by atoms with E-state index in [9.17, 15) is 9.59 Å². The quantitative estimate of drug-likeness (QED) is 0.787. The molecule has 0 saturated heterocycles. The van der Waals surface area contributed by atoms with E-state index in [1.165, 1.54) is 0 Å². The highest BCUT2D eigenvalue weighted by Gasteiger charge is 2.27. The number of aromatic amines is 1. The minimum absolute atomic E-state index is 0.191. The third-order valence-electron chi connectivity index (χ3n) is 4.55. The van der Waals surface area contributed by atoms with Gasteiger partial charge in [0.1, 0.15) is 5.65 Å². The summed E-state index contributed by atoms with van der Waals surface area (Å²) >= 11 is 6.15. The second-order valence-electron chi connectivity index (χ2n) is 6.22. The minimum atomic E-state index is -0.191. The van der Waals surface area contributed by atoms with Crippen molar-refractivity contribution in [1.82, 2.24) is 20.2 Å². The summed E-state index contributed by atoms with van der Waals surface area (Å²) < 4.78 is 0. The van der Waals surface area contributed by atoms with Crippen molar-refractivity contribution >= 4 is 34.4 Å². The molecule has 3 rings (SSSR count). The van der Waals surface area contributed by atoms with Crippen molar-refractivity contribution in [1.29, 1.82) is 0 Å². The average molecular weight is 349 g/mol. The highest BCUT2D eigenvalue weighted by Crippen LogP contribution is 2.28. The normalized spacial score (nSPS) is 14.4. The number of hydrogen-bond acceptors (Lipinski definition) is 3. The Morgan fingerprint density at radius 3 is 2.96 bits per heavy atom. The first kappa shape index (κ1) is 16.8. The van der Waals surface area contributed by atoms with Crippen molar-refractivity contribution in [2.45, 2.75) is 25.7 Å². The number of fused-ring (bicyclic) bond motifs is 1. The van der Waals surface area contributed by atoms with Crippen LogP contribution in [0.4, 0.5) is 0 Å². The summed E-state index contributed by atoms with van der Waals surface area (Å²) in [6.07, 6.45) is 7.10. The van der Waals surface area contributed by atoms with Crippen LogP contribution in [0.2, 0.25) is 5.02 Å². The van der Waals surface area contributed by atoms with E-state index < -0.39 is 0 Å². The largest absolute Gasteiger partial charge is 0.352 e. The third-order valence-corrected chi connectivity index (χ3v) is 4.87. The first-order valence-corrected chi connectivity index (χ1v) is 8.60. The van der Waals surface area contributed by atoms with Gasteiger partial charge in [0.15, 0.2) is 0 Å². The van der Waals surface area contributed by atoms with Crippen molar-refractivity contribution in [2.24, 2.45) is 5.92 Å². The molecule has 2 aromatic rings. The van der Waals surface area contributed by atoms with Gasteiger partial charge in [0, 0.05) is 38.4 Å². The summed E-state index contributed by atoms with van der Waals surface area (Å²) in [5, 5.41) is 4.00. The number of H-pyrrole nitrogens is 1. The molecule has 0 unspecified atom stereocenters. The lowest BCUT2D eigenvalue weighted by molar-refractivity contribution is -0.136. The standard InChI is InChI=1S/C17H21ClN4O2/c1-22(17(24)11-4-2-5-11)9-3-7-20-16(23)12-10-21-15-14(12)13(18)6-8-19-15/h6,8,10-11H,2-5,7,9H2,1H3,(H,19,21)(H,20,23). The third kappa shape index (κ3) is 3.38. The van der Waals surface area contributed by atoms with E-state index in [0.717, 1.165) is 25.7 Å². The molecule has 0 bridgehead atoms. The lowest BCUT2D eigenvalue weighted by Gasteiger charge is -2.29. The van der Waals surface area contributed by atoms with E-state index in [2.05, 4.69) is 15.3 Å². The van der Waals surface area contributed by atoms with Gasteiger partial charge in [0.05, 0.1) is 16.0 Å². The molecule has 0 atom stereocenters. The summed E-state index contributed by atoms with van der Waals surface area (Å²) in [6.45, 7) is 1.15. The smallest absolute Gasteiger partial charge is 0.253 e. The first-order chi connectivity index (χ1) is 11.6. The van der Waals surface area contributed by atoms with Gasteiger partial charge >= 0.3 is 0 Å². The molecule has 0 aromatic carbocycles. The number of pyridine rings is 1. The maximum absolute atomic E-state index is 12.3. The maximum atomic E-state index is 12.3. The molecule has 2 aromatic heterocycles. The second kappa shape index (κ2) is 7.21. The molecule has 128 valence electrons. The minimum Gasteiger partial charge on any atom is -0.352 e. The van der Waals surface area contributed by atoms with Gasteiger partial charge in [-0.15, -0.1) is 0 Å². The SMILES string of the molecule is CN(CCCNC(=O)c1c[nH]c2nccc(Cl)c12)C(=O)C1CCC1. The fourth-order valence-corrected chi connectivity index (χ4v) is 3.13. The van der Waals surface area contributed by atoms with Crippen LogP contribution in [0.25, 0.3) is 11.0 Å². The average Bonchev–Trinajstić information content (AvgIpc) is 2.95. The Balaban J connectivity index is 1.49. The fraction of sp³-hybridized carbons (Fsp3) is 0.471. The van der Waals surface area contributed by atoms with Crippen LogP contribution < -0.4 is 5.32 Å². The number of aromatic nitrogens is 2. The molecule has 7 heteroatoms. The van der Waals surface area contributed by atoms with Crippen LogP contribution >= 0.6 is 11.6 Å². The summed E-state index contributed by atoms with van der Waals surface area (Å²) in [6, 6.07) is 1.66. The Bertz CT molecular complexity index is 754. The summed E-state index contributed by atoms with van der Waals surface area (Å²) in [4.78, 5) is 33.2. The van der Waals surface area contributed by atoms with E-state index >= 15 is 0 Å². The molecular weight excluding hydrogens is 328 g/mol. The molecule has 2 heterocycles. The molecule has 1 aliphatic rings. The molecule has 1 aliphatic carbocycles. The zero-order valence-corrected chi connectivity index (χ0v) is 14.4. The monoisotopic (exact) mass is 348 g/mol. The Morgan fingerprint density at radius 2 is 2.25 bits per heavy atom. The molecule has 0 aliphatic heterocycles. The number of nitrogens with zero attached hydrogens (tertiary/aromatic N) is 2. The van der Waals surface area contributed by atoms with Crippen LogP contribution in [0, 0.1) is 5.92 Å². The van der Waals surface area contributed by atoms with Crippen molar-refractivity contribution < 1.29 is 9.59 Å². The summed E-state index contributed by atoms with van der Waals surface area (Å²) in [5.74, 6) is 0.247. The Labute approximate surface area is 145 Å². The van der Waals surface area contributed by atoms with Crippen LogP contribution in [0.1, 0.15) is 36.0 Å². The number of carbonyl (C=O) groups is 2. The molecule has 24 heavy (non-hydrogen) atoms. The number of hydrogen-bond donors (Lipinski definition) is 2. The predicted octanol–water partition coefficient (Wildman–Crippen LogP) is 2.59. The Hall–Kier alpha value is -2.08. The highest BCUT2D eigenvalue weighted by molar-refractivity contribution is 6.36.